The van der Waals surface area contributed by atoms with Crippen molar-refractivity contribution in [1.29, 1.82) is 0 Å². The Balaban J connectivity index is 1.75. The van der Waals surface area contributed by atoms with Crippen LogP contribution < -0.4 is 10.6 Å². The molecule has 1 aliphatic rings. The fourth-order valence-corrected chi connectivity index (χ4v) is 1.98. The van der Waals surface area contributed by atoms with Gasteiger partial charge in [0.25, 0.3) is 5.91 Å². The maximum Gasteiger partial charge on any atom is 0.255 e. The van der Waals surface area contributed by atoms with Crippen LogP contribution in [0.3, 0.4) is 0 Å². The van der Waals surface area contributed by atoms with E-state index < -0.39 is 0 Å². The number of benzene rings is 1. The van der Waals surface area contributed by atoms with Crippen molar-refractivity contribution < 1.29 is 9.21 Å². The molecule has 4 heteroatoms. The largest absolute Gasteiger partial charge is 0.463 e. The molecular weight excluding hydrogens is 216 g/mol. The number of amides is 1. The SMILES string of the molecule is O=C(NCC1CNC1)c1coc2ccccc12. The summed E-state index contributed by atoms with van der Waals surface area (Å²) in [5.74, 6) is 0.513. The summed E-state index contributed by atoms with van der Waals surface area (Å²) in [7, 11) is 0. The number of hydrogen-bond acceptors (Lipinski definition) is 3. The molecule has 0 bridgehead atoms. The summed E-state index contributed by atoms with van der Waals surface area (Å²) in [6.45, 7) is 2.71. The summed E-state index contributed by atoms with van der Waals surface area (Å²) in [6, 6.07) is 7.57. The number of nitrogens with one attached hydrogen (secondary N) is 2. The molecule has 0 aliphatic carbocycles. The second kappa shape index (κ2) is 4.22. The fourth-order valence-electron chi connectivity index (χ4n) is 1.98. The molecule has 17 heavy (non-hydrogen) atoms. The lowest BCUT2D eigenvalue weighted by Gasteiger charge is -2.26. The molecule has 0 saturated carbocycles. The maximum absolute atomic E-state index is 12.0. The number of fused-ring (bicyclic) bond motifs is 1. The Morgan fingerprint density at radius 3 is 3.00 bits per heavy atom. The number of carbonyl (C=O) groups excluding carboxylic acids is 1. The van der Waals surface area contributed by atoms with Gasteiger partial charge in [-0.15, -0.1) is 0 Å². The van der Waals surface area contributed by atoms with E-state index in [0.29, 0.717) is 11.5 Å². The lowest BCUT2D eigenvalue weighted by molar-refractivity contribution is 0.0943. The Morgan fingerprint density at radius 2 is 2.24 bits per heavy atom. The van der Waals surface area contributed by atoms with E-state index in [4.69, 9.17) is 4.42 Å². The molecule has 0 radical (unpaired) electrons. The van der Waals surface area contributed by atoms with Gasteiger partial charge in [0.1, 0.15) is 11.8 Å². The predicted octanol–water partition coefficient (Wildman–Crippen LogP) is 1.38. The summed E-state index contributed by atoms with van der Waals surface area (Å²) in [5, 5.41) is 6.99. The average Bonchev–Trinajstić information content (AvgIpc) is 2.70. The second-order valence-electron chi connectivity index (χ2n) is 4.38. The minimum atomic E-state index is -0.0538. The highest BCUT2D eigenvalue weighted by molar-refractivity contribution is 6.05. The number of furan rings is 1. The van der Waals surface area contributed by atoms with E-state index in [1.165, 1.54) is 6.26 Å². The summed E-state index contributed by atoms with van der Waals surface area (Å²) in [6.07, 6.45) is 1.53. The van der Waals surface area contributed by atoms with Gasteiger partial charge in [0.2, 0.25) is 0 Å². The first kappa shape index (κ1) is 10.4. The molecule has 3 rings (SSSR count). The van der Waals surface area contributed by atoms with Crippen LogP contribution in [0.1, 0.15) is 10.4 Å². The Morgan fingerprint density at radius 1 is 1.41 bits per heavy atom. The van der Waals surface area contributed by atoms with E-state index in [2.05, 4.69) is 10.6 Å². The quantitative estimate of drug-likeness (QED) is 0.837. The maximum atomic E-state index is 12.0. The number of rotatable bonds is 3. The van der Waals surface area contributed by atoms with Crippen molar-refractivity contribution >= 4 is 16.9 Å². The minimum absolute atomic E-state index is 0.0538. The molecule has 1 fully saturated rings. The molecule has 0 spiro atoms. The van der Waals surface area contributed by atoms with Gasteiger partial charge in [-0.1, -0.05) is 18.2 Å². The standard InChI is InChI=1S/C13H14N2O2/c16-13(15-7-9-5-14-6-9)11-8-17-12-4-2-1-3-10(11)12/h1-4,8-9,14H,5-7H2,(H,15,16). The van der Waals surface area contributed by atoms with Crippen LogP contribution in [0.5, 0.6) is 0 Å². The van der Waals surface area contributed by atoms with Gasteiger partial charge in [-0.3, -0.25) is 4.79 Å². The van der Waals surface area contributed by atoms with Crippen molar-refractivity contribution in [2.24, 2.45) is 5.92 Å². The molecule has 2 aromatic rings. The summed E-state index contributed by atoms with van der Waals surface area (Å²) in [5.41, 5.74) is 1.37. The van der Waals surface area contributed by atoms with Crippen LogP contribution in [0, 0.1) is 5.92 Å². The van der Waals surface area contributed by atoms with Gasteiger partial charge in [0, 0.05) is 30.9 Å². The molecule has 2 N–H and O–H groups in total. The fraction of sp³-hybridized carbons (Fsp3) is 0.308. The summed E-state index contributed by atoms with van der Waals surface area (Å²) >= 11 is 0. The van der Waals surface area contributed by atoms with E-state index in [0.717, 1.165) is 30.6 Å². The Hall–Kier alpha value is -1.81. The first-order valence-corrected chi connectivity index (χ1v) is 5.80. The van der Waals surface area contributed by atoms with Gasteiger partial charge in [0.05, 0.1) is 5.56 Å². The Kier molecular flexibility index (Phi) is 2.57. The highest BCUT2D eigenvalue weighted by atomic mass is 16.3. The number of hydrogen-bond donors (Lipinski definition) is 2. The Labute approximate surface area is 99.0 Å². The third kappa shape index (κ3) is 1.91. The first-order chi connectivity index (χ1) is 8.34. The first-order valence-electron chi connectivity index (χ1n) is 5.80. The van der Waals surface area contributed by atoms with Gasteiger partial charge in [-0.05, 0) is 6.07 Å². The van der Waals surface area contributed by atoms with Crippen molar-refractivity contribution in [3.05, 3.63) is 36.1 Å². The molecule has 1 saturated heterocycles. The van der Waals surface area contributed by atoms with E-state index in [1.54, 1.807) is 0 Å². The topological polar surface area (TPSA) is 54.3 Å². The summed E-state index contributed by atoms with van der Waals surface area (Å²) < 4.78 is 5.34. The zero-order valence-corrected chi connectivity index (χ0v) is 9.40. The molecule has 1 aliphatic heterocycles. The van der Waals surface area contributed by atoms with Crippen LogP contribution in [0.15, 0.2) is 34.9 Å². The number of carbonyl (C=O) groups is 1. The van der Waals surface area contributed by atoms with Gasteiger partial charge >= 0.3 is 0 Å². The third-order valence-corrected chi connectivity index (χ3v) is 3.14. The molecule has 88 valence electrons. The van der Waals surface area contributed by atoms with Crippen LogP contribution in [-0.2, 0) is 0 Å². The van der Waals surface area contributed by atoms with Gasteiger partial charge in [0.15, 0.2) is 0 Å². The minimum Gasteiger partial charge on any atom is -0.463 e. The van der Waals surface area contributed by atoms with Crippen molar-refractivity contribution in [1.82, 2.24) is 10.6 Å². The summed E-state index contributed by atoms with van der Waals surface area (Å²) in [4.78, 5) is 12.0. The predicted molar refractivity (Wildman–Crippen MR) is 64.9 cm³/mol. The van der Waals surface area contributed by atoms with Crippen molar-refractivity contribution in [2.45, 2.75) is 0 Å². The smallest absolute Gasteiger partial charge is 0.255 e. The Bertz CT molecular complexity index is 543. The van der Waals surface area contributed by atoms with Crippen LogP contribution in [0.2, 0.25) is 0 Å². The molecule has 0 atom stereocenters. The van der Waals surface area contributed by atoms with E-state index in [-0.39, 0.29) is 5.91 Å². The van der Waals surface area contributed by atoms with Gasteiger partial charge in [-0.2, -0.15) is 0 Å². The molecule has 1 aromatic heterocycles. The van der Waals surface area contributed by atoms with E-state index in [1.807, 2.05) is 24.3 Å². The van der Waals surface area contributed by atoms with Crippen molar-refractivity contribution in [2.75, 3.05) is 19.6 Å². The van der Waals surface area contributed by atoms with Gasteiger partial charge < -0.3 is 15.1 Å². The molecule has 1 amide bonds. The van der Waals surface area contributed by atoms with Crippen molar-refractivity contribution in [3.8, 4) is 0 Å². The van der Waals surface area contributed by atoms with E-state index in [9.17, 15) is 4.79 Å². The zero-order chi connectivity index (χ0) is 11.7. The normalized spacial score (nSPS) is 15.8. The van der Waals surface area contributed by atoms with Crippen LogP contribution in [0.25, 0.3) is 11.0 Å². The van der Waals surface area contributed by atoms with Crippen LogP contribution in [-0.4, -0.2) is 25.5 Å². The number of para-hydroxylation sites is 1. The van der Waals surface area contributed by atoms with E-state index >= 15 is 0 Å². The molecule has 4 nitrogen and oxygen atoms in total. The molecule has 1 aromatic carbocycles. The monoisotopic (exact) mass is 230 g/mol. The molecule has 0 unspecified atom stereocenters. The van der Waals surface area contributed by atoms with Crippen molar-refractivity contribution in [3.63, 3.8) is 0 Å². The highest BCUT2D eigenvalue weighted by Crippen LogP contribution is 2.20. The van der Waals surface area contributed by atoms with Gasteiger partial charge in [-0.25, -0.2) is 0 Å². The highest BCUT2D eigenvalue weighted by Gasteiger charge is 2.19. The van der Waals surface area contributed by atoms with Crippen LogP contribution in [0.4, 0.5) is 0 Å². The molecule has 2 heterocycles. The third-order valence-electron chi connectivity index (χ3n) is 3.14. The zero-order valence-electron chi connectivity index (χ0n) is 9.40. The molecular formula is C13H14N2O2. The van der Waals surface area contributed by atoms with Crippen LogP contribution >= 0.6 is 0 Å². The lowest BCUT2D eigenvalue weighted by Crippen LogP contribution is -2.48. The lowest BCUT2D eigenvalue weighted by atomic mass is 10.0. The second-order valence-corrected chi connectivity index (χ2v) is 4.38. The average molecular weight is 230 g/mol.